The highest BCUT2D eigenvalue weighted by Gasteiger charge is 2.15. The van der Waals surface area contributed by atoms with Crippen molar-refractivity contribution < 1.29 is 14.2 Å². The van der Waals surface area contributed by atoms with Crippen molar-refractivity contribution in [3.8, 4) is 0 Å². The normalized spacial score (nSPS) is 15.0. The summed E-state index contributed by atoms with van der Waals surface area (Å²) in [4.78, 5) is 0. The van der Waals surface area contributed by atoms with Gasteiger partial charge in [-0.1, -0.05) is 22.0 Å². The third-order valence-electron chi connectivity index (χ3n) is 2.36. The van der Waals surface area contributed by atoms with E-state index >= 15 is 0 Å². The van der Waals surface area contributed by atoms with Crippen molar-refractivity contribution in [2.24, 2.45) is 0 Å². The molecular weight excluding hydrogens is 263 g/mol. The van der Waals surface area contributed by atoms with E-state index in [0.29, 0.717) is 10.9 Å². The number of aliphatic hydroxyl groups excluding tert-OH is 1. The maximum Gasteiger partial charge on any atom is 0.124 e. The smallest absolute Gasteiger partial charge is 0.124 e. The highest BCUT2D eigenvalue weighted by Crippen LogP contribution is 2.20. The summed E-state index contributed by atoms with van der Waals surface area (Å²) in [7, 11) is 1.55. The number of ether oxygens (including phenoxy) is 1. The molecule has 15 heavy (non-hydrogen) atoms. The second-order valence-electron chi connectivity index (χ2n) is 3.45. The lowest BCUT2D eigenvalue weighted by Gasteiger charge is -2.17. The first-order valence-corrected chi connectivity index (χ1v) is 5.48. The predicted molar refractivity (Wildman–Crippen MR) is 60.3 cm³/mol. The maximum atomic E-state index is 12.8. The summed E-state index contributed by atoms with van der Waals surface area (Å²) in [5.74, 6) is -0.292. The molecule has 0 aromatic heterocycles. The Balaban J connectivity index is 2.72. The molecule has 1 N–H and O–H groups in total. The van der Waals surface area contributed by atoms with Gasteiger partial charge in [-0.25, -0.2) is 4.39 Å². The van der Waals surface area contributed by atoms with Crippen LogP contribution in [0, 0.1) is 5.82 Å². The molecule has 2 unspecified atom stereocenters. The summed E-state index contributed by atoms with van der Waals surface area (Å²) in [6.07, 6.45) is -0.380. The van der Waals surface area contributed by atoms with E-state index in [0.717, 1.165) is 5.56 Å². The van der Waals surface area contributed by atoms with Crippen molar-refractivity contribution in [1.29, 1.82) is 0 Å². The molecule has 0 fully saturated rings. The van der Waals surface area contributed by atoms with Gasteiger partial charge in [-0.15, -0.1) is 0 Å². The van der Waals surface area contributed by atoms with Gasteiger partial charge in [-0.05, 0) is 24.6 Å². The highest BCUT2D eigenvalue weighted by atomic mass is 79.9. The predicted octanol–water partition coefficient (Wildman–Crippen LogP) is 2.53. The molecule has 0 aliphatic heterocycles. The fourth-order valence-corrected chi connectivity index (χ4v) is 1.75. The first kappa shape index (κ1) is 12.6. The summed E-state index contributed by atoms with van der Waals surface area (Å²) >= 11 is 3.25. The maximum absolute atomic E-state index is 12.8. The van der Waals surface area contributed by atoms with Crippen LogP contribution < -0.4 is 0 Å². The van der Waals surface area contributed by atoms with Crippen LogP contribution in [-0.4, -0.2) is 24.4 Å². The van der Waals surface area contributed by atoms with Crippen LogP contribution in [0.15, 0.2) is 22.7 Å². The Morgan fingerprint density at radius 2 is 2.20 bits per heavy atom. The van der Waals surface area contributed by atoms with E-state index in [1.54, 1.807) is 20.1 Å². The molecule has 0 aliphatic rings. The van der Waals surface area contributed by atoms with Crippen LogP contribution in [0.1, 0.15) is 12.5 Å². The Kier molecular flexibility index (Phi) is 4.70. The SMILES string of the molecule is COC(C)C(O)Cc1ccc(F)cc1Br. The molecule has 0 saturated carbocycles. The van der Waals surface area contributed by atoms with E-state index in [-0.39, 0.29) is 11.9 Å². The van der Waals surface area contributed by atoms with Gasteiger partial charge in [0.25, 0.3) is 0 Å². The molecule has 1 aromatic carbocycles. The van der Waals surface area contributed by atoms with E-state index in [4.69, 9.17) is 4.74 Å². The lowest BCUT2D eigenvalue weighted by atomic mass is 10.0. The number of hydrogen-bond donors (Lipinski definition) is 1. The Bertz CT molecular complexity index is 330. The van der Waals surface area contributed by atoms with Gasteiger partial charge >= 0.3 is 0 Å². The summed E-state index contributed by atoms with van der Waals surface area (Å²) < 4.78 is 18.5. The Morgan fingerprint density at radius 3 is 2.73 bits per heavy atom. The molecule has 0 amide bonds. The van der Waals surface area contributed by atoms with Gasteiger partial charge in [-0.2, -0.15) is 0 Å². The number of halogens is 2. The summed E-state index contributed by atoms with van der Waals surface area (Å²) in [6, 6.07) is 4.43. The van der Waals surface area contributed by atoms with E-state index in [1.165, 1.54) is 12.1 Å². The number of aliphatic hydroxyl groups is 1. The van der Waals surface area contributed by atoms with Crippen molar-refractivity contribution in [3.63, 3.8) is 0 Å². The van der Waals surface area contributed by atoms with Gasteiger partial charge in [0, 0.05) is 18.0 Å². The second-order valence-corrected chi connectivity index (χ2v) is 4.30. The van der Waals surface area contributed by atoms with Gasteiger partial charge in [0.1, 0.15) is 5.82 Å². The molecule has 1 rings (SSSR count). The minimum atomic E-state index is -0.586. The average Bonchev–Trinajstić information content (AvgIpc) is 2.20. The molecule has 4 heteroatoms. The molecule has 2 atom stereocenters. The van der Waals surface area contributed by atoms with E-state index in [2.05, 4.69) is 15.9 Å². The quantitative estimate of drug-likeness (QED) is 0.916. The Hall–Kier alpha value is -0.450. The summed E-state index contributed by atoms with van der Waals surface area (Å²) in [5, 5.41) is 9.73. The molecule has 0 radical (unpaired) electrons. The lowest BCUT2D eigenvalue weighted by molar-refractivity contribution is 0.000326. The zero-order valence-corrected chi connectivity index (χ0v) is 10.3. The van der Waals surface area contributed by atoms with Crippen LogP contribution in [0.4, 0.5) is 4.39 Å². The van der Waals surface area contributed by atoms with Gasteiger partial charge < -0.3 is 9.84 Å². The van der Waals surface area contributed by atoms with Gasteiger partial charge in [-0.3, -0.25) is 0 Å². The minimum Gasteiger partial charge on any atom is -0.390 e. The van der Waals surface area contributed by atoms with E-state index in [9.17, 15) is 9.50 Å². The molecule has 0 spiro atoms. The van der Waals surface area contributed by atoms with Gasteiger partial charge in [0.05, 0.1) is 12.2 Å². The van der Waals surface area contributed by atoms with Crippen molar-refractivity contribution >= 4 is 15.9 Å². The number of rotatable bonds is 4. The van der Waals surface area contributed by atoms with E-state index < -0.39 is 6.10 Å². The molecule has 0 saturated heterocycles. The molecule has 2 nitrogen and oxygen atoms in total. The van der Waals surface area contributed by atoms with Crippen LogP contribution >= 0.6 is 15.9 Å². The largest absolute Gasteiger partial charge is 0.390 e. The monoisotopic (exact) mass is 276 g/mol. The number of hydrogen-bond acceptors (Lipinski definition) is 2. The van der Waals surface area contributed by atoms with Crippen molar-refractivity contribution in [2.45, 2.75) is 25.6 Å². The van der Waals surface area contributed by atoms with Crippen molar-refractivity contribution in [3.05, 3.63) is 34.1 Å². The standard InChI is InChI=1S/C11H14BrFO2/c1-7(15-2)11(14)5-8-3-4-9(13)6-10(8)12/h3-4,6-7,11,14H,5H2,1-2H3. The van der Waals surface area contributed by atoms with Crippen LogP contribution in [0.25, 0.3) is 0 Å². The van der Waals surface area contributed by atoms with E-state index in [1.807, 2.05) is 0 Å². The number of benzene rings is 1. The first-order valence-electron chi connectivity index (χ1n) is 4.69. The fraction of sp³-hybridized carbons (Fsp3) is 0.455. The topological polar surface area (TPSA) is 29.5 Å². The minimum absolute atomic E-state index is 0.234. The first-order chi connectivity index (χ1) is 7.04. The molecule has 84 valence electrons. The fourth-order valence-electron chi connectivity index (χ4n) is 1.24. The second kappa shape index (κ2) is 5.58. The van der Waals surface area contributed by atoms with Crippen LogP contribution in [-0.2, 0) is 11.2 Å². The molecular formula is C11H14BrFO2. The number of methoxy groups -OCH3 is 1. The van der Waals surface area contributed by atoms with Gasteiger partial charge in [0.2, 0.25) is 0 Å². The van der Waals surface area contributed by atoms with Crippen molar-refractivity contribution in [2.75, 3.05) is 7.11 Å². The molecule has 1 aromatic rings. The summed E-state index contributed by atoms with van der Waals surface area (Å²) in [5.41, 5.74) is 0.868. The lowest BCUT2D eigenvalue weighted by Crippen LogP contribution is -2.27. The zero-order valence-electron chi connectivity index (χ0n) is 8.71. The highest BCUT2D eigenvalue weighted by molar-refractivity contribution is 9.10. The summed E-state index contributed by atoms with van der Waals surface area (Å²) in [6.45, 7) is 1.79. The van der Waals surface area contributed by atoms with Crippen LogP contribution in [0.2, 0.25) is 0 Å². The zero-order chi connectivity index (χ0) is 11.4. The third-order valence-corrected chi connectivity index (χ3v) is 3.10. The molecule has 0 aliphatic carbocycles. The van der Waals surface area contributed by atoms with Crippen LogP contribution in [0.5, 0.6) is 0 Å². The Morgan fingerprint density at radius 1 is 1.53 bits per heavy atom. The molecule has 0 bridgehead atoms. The molecule has 0 heterocycles. The van der Waals surface area contributed by atoms with Crippen molar-refractivity contribution in [1.82, 2.24) is 0 Å². The Labute approximate surface area is 97.2 Å². The van der Waals surface area contributed by atoms with Crippen LogP contribution in [0.3, 0.4) is 0 Å². The average molecular weight is 277 g/mol. The van der Waals surface area contributed by atoms with Gasteiger partial charge in [0.15, 0.2) is 0 Å². The third kappa shape index (κ3) is 3.55.